The van der Waals surface area contributed by atoms with E-state index in [-0.39, 0.29) is 11.5 Å². The SMILES string of the molecule is CCOC(=O)C(C[Si](C)(C)C)[Si](C)(C)C. The molecule has 0 fully saturated rings. The second kappa shape index (κ2) is 5.30. The predicted molar refractivity (Wildman–Crippen MR) is 71.9 cm³/mol. The van der Waals surface area contributed by atoms with Crippen LogP contribution in [0.5, 0.6) is 0 Å². The number of carbonyl (C=O) groups is 1. The minimum atomic E-state index is -1.44. The van der Waals surface area contributed by atoms with Gasteiger partial charge in [-0.15, -0.1) is 0 Å². The van der Waals surface area contributed by atoms with Gasteiger partial charge in [0.25, 0.3) is 0 Å². The third kappa shape index (κ3) is 6.15. The van der Waals surface area contributed by atoms with Crippen LogP contribution in [0.15, 0.2) is 0 Å². The molecule has 0 aliphatic carbocycles. The van der Waals surface area contributed by atoms with Crippen molar-refractivity contribution in [1.82, 2.24) is 0 Å². The lowest BCUT2D eigenvalue weighted by atomic mass is 10.5. The van der Waals surface area contributed by atoms with Gasteiger partial charge >= 0.3 is 5.97 Å². The molecule has 0 spiro atoms. The van der Waals surface area contributed by atoms with Crippen LogP contribution in [0.2, 0.25) is 50.9 Å². The molecule has 0 N–H and O–H groups in total. The topological polar surface area (TPSA) is 26.3 Å². The summed E-state index contributed by atoms with van der Waals surface area (Å²) in [5.74, 6) is 0.0408. The van der Waals surface area contributed by atoms with E-state index in [4.69, 9.17) is 4.74 Å². The minimum absolute atomic E-state index is 0.0408. The Bertz CT molecular complexity index is 214. The maximum Gasteiger partial charge on any atom is 0.305 e. The molecule has 2 nitrogen and oxygen atoms in total. The van der Waals surface area contributed by atoms with Crippen LogP contribution in [0.1, 0.15) is 6.92 Å². The van der Waals surface area contributed by atoms with Crippen molar-refractivity contribution in [2.75, 3.05) is 6.61 Å². The number of rotatable bonds is 5. The van der Waals surface area contributed by atoms with Crippen molar-refractivity contribution in [3.05, 3.63) is 0 Å². The van der Waals surface area contributed by atoms with Gasteiger partial charge in [0.15, 0.2) is 0 Å². The van der Waals surface area contributed by atoms with Gasteiger partial charge < -0.3 is 4.74 Å². The molecule has 0 radical (unpaired) electrons. The summed E-state index contributed by atoms with van der Waals surface area (Å²) in [6.07, 6.45) is 0. The zero-order chi connectivity index (χ0) is 12.3. The lowest BCUT2D eigenvalue weighted by Crippen LogP contribution is -2.39. The number of hydrogen-bond donors (Lipinski definition) is 0. The molecule has 0 saturated heterocycles. The second-order valence-electron chi connectivity index (χ2n) is 6.44. The maximum absolute atomic E-state index is 11.9. The van der Waals surface area contributed by atoms with Crippen LogP contribution in [0, 0.1) is 0 Å². The van der Waals surface area contributed by atoms with E-state index in [2.05, 4.69) is 39.3 Å². The van der Waals surface area contributed by atoms with Crippen LogP contribution in [-0.4, -0.2) is 28.7 Å². The third-order valence-electron chi connectivity index (χ3n) is 2.43. The normalized spacial score (nSPS) is 14.9. The third-order valence-corrected chi connectivity index (χ3v) is 7.00. The Morgan fingerprint density at radius 1 is 1.13 bits per heavy atom. The molecule has 0 aliphatic heterocycles. The Kier molecular flexibility index (Phi) is 5.26. The van der Waals surface area contributed by atoms with Crippen LogP contribution in [0.25, 0.3) is 0 Å². The number of esters is 1. The summed E-state index contributed by atoms with van der Waals surface area (Å²) in [5.41, 5.74) is 0.184. The first-order valence-corrected chi connectivity index (χ1v) is 13.0. The molecule has 0 aliphatic rings. The molecule has 0 aromatic heterocycles. The van der Waals surface area contributed by atoms with Gasteiger partial charge in [0, 0.05) is 13.6 Å². The Hall–Kier alpha value is -0.0962. The van der Waals surface area contributed by atoms with Crippen LogP contribution in [0.3, 0.4) is 0 Å². The smallest absolute Gasteiger partial charge is 0.305 e. The lowest BCUT2D eigenvalue weighted by molar-refractivity contribution is -0.142. The standard InChI is InChI=1S/C11H26O2Si2/c1-8-13-11(12)10(15(5,6)7)9-14(2,3)4/h10H,8-9H2,1-7H3. The van der Waals surface area contributed by atoms with Crippen molar-refractivity contribution >= 4 is 22.1 Å². The largest absolute Gasteiger partial charge is 0.466 e. The summed E-state index contributed by atoms with van der Waals surface area (Å²) < 4.78 is 5.19. The summed E-state index contributed by atoms with van der Waals surface area (Å²) in [6, 6.07) is 1.07. The first kappa shape index (κ1) is 14.9. The summed E-state index contributed by atoms with van der Waals surface area (Å²) in [4.78, 5) is 11.9. The molecular formula is C11H26O2Si2. The molecule has 90 valence electrons. The highest BCUT2D eigenvalue weighted by Crippen LogP contribution is 2.32. The fourth-order valence-electron chi connectivity index (χ4n) is 1.60. The molecule has 0 aromatic carbocycles. The summed E-state index contributed by atoms with van der Waals surface area (Å²) in [6.45, 7) is 16.1. The van der Waals surface area contributed by atoms with Gasteiger partial charge in [-0.2, -0.15) is 0 Å². The highest BCUT2D eigenvalue weighted by molar-refractivity contribution is 6.84. The fourth-order valence-corrected chi connectivity index (χ4v) is 8.07. The fraction of sp³-hybridized carbons (Fsp3) is 0.909. The van der Waals surface area contributed by atoms with Gasteiger partial charge in [0.05, 0.1) is 14.7 Å². The van der Waals surface area contributed by atoms with Crippen molar-refractivity contribution in [2.24, 2.45) is 0 Å². The van der Waals surface area contributed by atoms with Crippen molar-refractivity contribution in [1.29, 1.82) is 0 Å². The van der Waals surface area contributed by atoms with Crippen molar-refractivity contribution in [3.63, 3.8) is 0 Å². The average Bonchev–Trinajstić information content (AvgIpc) is 1.97. The Labute approximate surface area is 96.4 Å². The zero-order valence-electron chi connectivity index (χ0n) is 11.3. The second-order valence-corrected chi connectivity index (χ2v) is 17.4. The highest BCUT2D eigenvalue weighted by Gasteiger charge is 2.37. The first-order chi connectivity index (χ1) is 6.58. The van der Waals surface area contributed by atoms with E-state index in [1.165, 1.54) is 0 Å². The van der Waals surface area contributed by atoms with Crippen LogP contribution in [-0.2, 0) is 9.53 Å². The molecule has 0 amide bonds. The van der Waals surface area contributed by atoms with E-state index in [1.807, 2.05) is 6.92 Å². The summed E-state index contributed by atoms with van der Waals surface area (Å²) >= 11 is 0. The molecule has 1 atom stereocenters. The van der Waals surface area contributed by atoms with E-state index in [9.17, 15) is 4.79 Å². The molecule has 4 heteroatoms. The summed E-state index contributed by atoms with van der Waals surface area (Å²) in [5, 5.41) is 0. The van der Waals surface area contributed by atoms with Crippen LogP contribution >= 0.6 is 0 Å². The number of ether oxygens (including phenoxy) is 1. The predicted octanol–water partition coefficient (Wildman–Crippen LogP) is 3.60. The summed E-state index contributed by atoms with van der Waals surface area (Å²) in [7, 11) is -2.62. The number of hydrogen-bond acceptors (Lipinski definition) is 2. The van der Waals surface area contributed by atoms with Gasteiger partial charge in [-0.05, 0) is 13.0 Å². The van der Waals surface area contributed by atoms with E-state index in [1.54, 1.807) is 0 Å². The van der Waals surface area contributed by atoms with Gasteiger partial charge in [-0.1, -0.05) is 39.3 Å². The van der Waals surface area contributed by atoms with Crippen molar-refractivity contribution < 1.29 is 9.53 Å². The van der Waals surface area contributed by atoms with E-state index in [0.29, 0.717) is 6.61 Å². The quantitative estimate of drug-likeness (QED) is 0.547. The molecule has 0 saturated carbocycles. The van der Waals surface area contributed by atoms with Gasteiger partial charge in [0.1, 0.15) is 0 Å². The molecular weight excluding hydrogens is 220 g/mol. The average molecular weight is 246 g/mol. The Morgan fingerprint density at radius 3 is 1.87 bits per heavy atom. The zero-order valence-corrected chi connectivity index (χ0v) is 13.3. The highest BCUT2D eigenvalue weighted by atomic mass is 28.3. The van der Waals surface area contributed by atoms with E-state index >= 15 is 0 Å². The Balaban J connectivity index is 4.68. The first-order valence-electron chi connectivity index (χ1n) is 5.74. The van der Waals surface area contributed by atoms with E-state index < -0.39 is 16.1 Å². The molecule has 0 heterocycles. The Morgan fingerprint density at radius 2 is 1.60 bits per heavy atom. The van der Waals surface area contributed by atoms with Gasteiger partial charge in [0.2, 0.25) is 0 Å². The molecule has 15 heavy (non-hydrogen) atoms. The molecule has 1 unspecified atom stereocenters. The minimum Gasteiger partial charge on any atom is -0.466 e. The van der Waals surface area contributed by atoms with Crippen LogP contribution < -0.4 is 0 Å². The van der Waals surface area contributed by atoms with Crippen molar-refractivity contribution in [2.45, 2.75) is 57.8 Å². The van der Waals surface area contributed by atoms with Crippen LogP contribution in [0.4, 0.5) is 0 Å². The molecule has 0 bridgehead atoms. The lowest BCUT2D eigenvalue weighted by Gasteiger charge is -2.31. The molecule has 0 aromatic rings. The number of carbonyl (C=O) groups excluding carboxylic acids is 1. The van der Waals surface area contributed by atoms with E-state index in [0.717, 1.165) is 6.04 Å². The van der Waals surface area contributed by atoms with Gasteiger partial charge in [-0.25, -0.2) is 0 Å². The monoisotopic (exact) mass is 246 g/mol. The van der Waals surface area contributed by atoms with Crippen molar-refractivity contribution in [3.8, 4) is 0 Å². The molecule has 0 rings (SSSR count). The maximum atomic E-state index is 11.9. The van der Waals surface area contributed by atoms with Gasteiger partial charge in [-0.3, -0.25) is 4.79 Å².